The number of imidazole rings is 1. The van der Waals surface area contributed by atoms with Gasteiger partial charge in [0.2, 0.25) is 5.91 Å². The summed E-state index contributed by atoms with van der Waals surface area (Å²) in [6.45, 7) is 0.844. The smallest absolute Gasteiger partial charge is 0.321 e. The van der Waals surface area contributed by atoms with Crippen molar-refractivity contribution in [2.75, 3.05) is 11.9 Å². The zero-order valence-corrected chi connectivity index (χ0v) is 13.3. The Kier molecular flexibility index (Phi) is 3.77. The van der Waals surface area contributed by atoms with Crippen LogP contribution in [0.3, 0.4) is 0 Å². The van der Waals surface area contributed by atoms with Gasteiger partial charge in [-0.25, -0.2) is 14.3 Å². The van der Waals surface area contributed by atoms with E-state index < -0.39 is 11.9 Å². The first-order valence-electron chi connectivity index (χ1n) is 7.91. The number of rotatable bonds is 4. The van der Waals surface area contributed by atoms with Gasteiger partial charge >= 0.3 is 6.03 Å². The minimum atomic E-state index is -0.540. The van der Waals surface area contributed by atoms with Crippen LogP contribution in [-0.4, -0.2) is 33.1 Å². The third-order valence-electron chi connectivity index (χ3n) is 4.08. The van der Waals surface area contributed by atoms with E-state index in [1.807, 2.05) is 36.4 Å². The maximum Gasteiger partial charge on any atom is 0.321 e. The first kappa shape index (κ1) is 15.1. The largest absolute Gasteiger partial charge is 0.378 e. The normalized spacial score (nSPS) is 17.2. The number of anilines is 1. The predicted octanol–water partition coefficient (Wildman–Crippen LogP) is 1.26. The third kappa shape index (κ3) is 3.01. The van der Waals surface area contributed by atoms with Crippen LogP contribution >= 0.6 is 0 Å². The number of hydrogen-bond donors (Lipinski definition) is 3. The van der Waals surface area contributed by atoms with Gasteiger partial charge in [0.05, 0.1) is 17.3 Å². The Balaban J connectivity index is 1.65. The highest BCUT2D eigenvalue weighted by Gasteiger charge is 2.29. The molecule has 1 unspecified atom stereocenters. The zero-order valence-electron chi connectivity index (χ0n) is 13.3. The fourth-order valence-electron chi connectivity index (χ4n) is 2.80. The standard InChI is InChI=1S/C17H16N6O2/c24-16-12(10-20-17(25)21-16)13-8-14(15-18-6-7-23(15)22-13)19-9-11-4-2-1-3-5-11/h1-8,12,19H,9-10H2,(H2,20,21,24,25). The van der Waals surface area contributed by atoms with Crippen LogP contribution in [0.15, 0.2) is 48.8 Å². The van der Waals surface area contributed by atoms with Gasteiger partial charge in [-0.3, -0.25) is 10.1 Å². The van der Waals surface area contributed by atoms with E-state index in [2.05, 4.69) is 26.0 Å². The lowest BCUT2D eigenvalue weighted by Crippen LogP contribution is -2.51. The Labute approximate surface area is 143 Å². The number of nitrogens with zero attached hydrogens (tertiary/aromatic N) is 3. The lowest BCUT2D eigenvalue weighted by molar-refractivity contribution is -0.122. The first-order chi connectivity index (χ1) is 12.2. The average Bonchev–Trinajstić information content (AvgIpc) is 3.09. The summed E-state index contributed by atoms with van der Waals surface area (Å²) in [5.41, 5.74) is 3.16. The minimum absolute atomic E-state index is 0.218. The van der Waals surface area contributed by atoms with E-state index in [1.165, 1.54) is 0 Å². The van der Waals surface area contributed by atoms with Gasteiger partial charge in [-0.05, 0) is 11.6 Å². The molecule has 2 aromatic heterocycles. The van der Waals surface area contributed by atoms with E-state index in [1.54, 1.807) is 16.9 Å². The predicted molar refractivity (Wildman–Crippen MR) is 91.0 cm³/mol. The number of carbonyl (C=O) groups is 2. The molecule has 1 aliphatic heterocycles. The molecule has 1 atom stereocenters. The van der Waals surface area contributed by atoms with Crippen LogP contribution in [0, 0.1) is 0 Å². The number of urea groups is 1. The van der Waals surface area contributed by atoms with Gasteiger partial charge < -0.3 is 10.6 Å². The number of carbonyl (C=O) groups excluding carboxylic acids is 2. The Morgan fingerprint density at radius 1 is 1.24 bits per heavy atom. The summed E-state index contributed by atoms with van der Waals surface area (Å²) in [6.07, 6.45) is 3.38. The van der Waals surface area contributed by atoms with Crippen LogP contribution in [0.25, 0.3) is 5.65 Å². The van der Waals surface area contributed by atoms with Crippen LogP contribution in [0.4, 0.5) is 10.5 Å². The number of benzene rings is 1. The number of aromatic nitrogens is 3. The average molecular weight is 336 g/mol. The number of amides is 3. The molecule has 4 rings (SSSR count). The molecule has 8 heteroatoms. The van der Waals surface area contributed by atoms with Crippen molar-refractivity contribution in [1.82, 2.24) is 25.2 Å². The summed E-state index contributed by atoms with van der Waals surface area (Å²) < 4.78 is 1.63. The Morgan fingerprint density at radius 2 is 2.08 bits per heavy atom. The summed E-state index contributed by atoms with van der Waals surface area (Å²) in [5.74, 6) is -0.897. The van der Waals surface area contributed by atoms with E-state index >= 15 is 0 Å². The van der Waals surface area contributed by atoms with Gasteiger partial charge in [0.1, 0.15) is 0 Å². The van der Waals surface area contributed by atoms with Crippen LogP contribution in [-0.2, 0) is 11.3 Å². The fraction of sp³-hybridized carbons (Fsp3) is 0.176. The lowest BCUT2D eigenvalue weighted by Gasteiger charge is -2.22. The van der Waals surface area contributed by atoms with Crippen LogP contribution < -0.4 is 16.0 Å². The summed E-state index contributed by atoms with van der Waals surface area (Å²) in [6, 6.07) is 11.3. The quantitative estimate of drug-likeness (QED) is 0.666. The molecule has 3 heterocycles. The fourth-order valence-corrected chi connectivity index (χ4v) is 2.80. The third-order valence-corrected chi connectivity index (χ3v) is 4.08. The van der Waals surface area contributed by atoms with E-state index in [0.717, 1.165) is 11.3 Å². The van der Waals surface area contributed by atoms with Gasteiger partial charge in [-0.1, -0.05) is 30.3 Å². The van der Waals surface area contributed by atoms with Crippen molar-refractivity contribution in [1.29, 1.82) is 0 Å². The maximum atomic E-state index is 12.1. The van der Waals surface area contributed by atoms with Gasteiger partial charge in [-0.15, -0.1) is 0 Å². The van der Waals surface area contributed by atoms with Crippen molar-refractivity contribution in [3.8, 4) is 0 Å². The van der Waals surface area contributed by atoms with E-state index in [0.29, 0.717) is 17.9 Å². The summed E-state index contributed by atoms with van der Waals surface area (Å²) in [5, 5.41) is 12.7. The van der Waals surface area contributed by atoms with Crippen molar-refractivity contribution in [2.45, 2.75) is 12.5 Å². The molecule has 8 nitrogen and oxygen atoms in total. The SMILES string of the molecule is O=C1NCC(c2cc(NCc3ccccc3)c3nccn3n2)C(=O)N1. The molecule has 3 aromatic rings. The second-order valence-corrected chi connectivity index (χ2v) is 5.77. The Morgan fingerprint density at radius 3 is 2.88 bits per heavy atom. The second kappa shape index (κ2) is 6.23. The molecule has 0 saturated carbocycles. The second-order valence-electron chi connectivity index (χ2n) is 5.77. The number of hydrogen-bond acceptors (Lipinski definition) is 5. The molecule has 25 heavy (non-hydrogen) atoms. The number of nitrogens with one attached hydrogen (secondary N) is 3. The number of imide groups is 1. The topological polar surface area (TPSA) is 100 Å². The summed E-state index contributed by atoms with van der Waals surface area (Å²) >= 11 is 0. The monoisotopic (exact) mass is 336 g/mol. The summed E-state index contributed by atoms with van der Waals surface area (Å²) in [4.78, 5) is 27.7. The van der Waals surface area contributed by atoms with Crippen molar-refractivity contribution in [3.63, 3.8) is 0 Å². The van der Waals surface area contributed by atoms with Crippen LogP contribution in [0.5, 0.6) is 0 Å². The molecule has 0 aliphatic carbocycles. The molecule has 3 N–H and O–H groups in total. The highest BCUT2D eigenvalue weighted by atomic mass is 16.2. The minimum Gasteiger partial charge on any atom is -0.378 e. The molecule has 1 saturated heterocycles. The Hall–Kier alpha value is -3.42. The van der Waals surface area contributed by atoms with Crippen molar-refractivity contribution >= 4 is 23.3 Å². The molecule has 0 spiro atoms. The highest BCUT2D eigenvalue weighted by Crippen LogP contribution is 2.22. The Bertz CT molecular complexity index is 937. The van der Waals surface area contributed by atoms with E-state index in [4.69, 9.17) is 0 Å². The maximum absolute atomic E-state index is 12.1. The van der Waals surface area contributed by atoms with Crippen molar-refractivity contribution in [2.24, 2.45) is 0 Å². The van der Waals surface area contributed by atoms with E-state index in [9.17, 15) is 9.59 Å². The van der Waals surface area contributed by atoms with Crippen molar-refractivity contribution < 1.29 is 9.59 Å². The van der Waals surface area contributed by atoms with Crippen molar-refractivity contribution in [3.05, 3.63) is 60.0 Å². The number of fused-ring (bicyclic) bond motifs is 1. The van der Waals surface area contributed by atoms with Crippen LogP contribution in [0.1, 0.15) is 17.2 Å². The molecule has 1 fully saturated rings. The molecule has 1 aromatic carbocycles. The van der Waals surface area contributed by atoms with E-state index in [-0.39, 0.29) is 12.5 Å². The van der Waals surface area contributed by atoms with Gasteiger partial charge in [-0.2, -0.15) is 5.10 Å². The first-order valence-corrected chi connectivity index (χ1v) is 7.91. The van der Waals surface area contributed by atoms with Gasteiger partial charge in [0.25, 0.3) is 0 Å². The van der Waals surface area contributed by atoms with Gasteiger partial charge in [0, 0.05) is 25.5 Å². The van der Waals surface area contributed by atoms with Gasteiger partial charge in [0.15, 0.2) is 5.65 Å². The van der Waals surface area contributed by atoms with Crippen LogP contribution in [0.2, 0.25) is 0 Å². The zero-order chi connectivity index (χ0) is 17.2. The molecule has 3 amide bonds. The molecule has 0 radical (unpaired) electrons. The lowest BCUT2D eigenvalue weighted by atomic mass is 10.0. The summed E-state index contributed by atoms with van der Waals surface area (Å²) in [7, 11) is 0. The molecule has 0 bridgehead atoms. The molecular weight excluding hydrogens is 320 g/mol. The molecule has 126 valence electrons. The molecule has 1 aliphatic rings. The molecular formula is C17H16N6O2. The highest BCUT2D eigenvalue weighted by molar-refractivity contribution is 6.00.